The van der Waals surface area contributed by atoms with E-state index in [0.717, 1.165) is 43.4 Å². The molecule has 0 aromatic rings. The summed E-state index contributed by atoms with van der Waals surface area (Å²) in [4.78, 5) is 34.6. The van der Waals surface area contributed by atoms with Crippen molar-refractivity contribution in [2.45, 2.75) is 110 Å². The van der Waals surface area contributed by atoms with Gasteiger partial charge in [-0.1, -0.05) is 20.8 Å². The second-order valence-corrected chi connectivity index (χ2v) is 12.8. The van der Waals surface area contributed by atoms with Gasteiger partial charge in [0.1, 0.15) is 6.10 Å². The molecule has 198 valence electrons. The van der Waals surface area contributed by atoms with Gasteiger partial charge in [0.2, 0.25) is 0 Å². The zero-order valence-corrected chi connectivity index (χ0v) is 22.2. The van der Waals surface area contributed by atoms with Gasteiger partial charge >= 0.3 is 17.9 Å². The van der Waals surface area contributed by atoms with Crippen molar-refractivity contribution in [2.24, 2.45) is 46.3 Å². The highest BCUT2D eigenvalue weighted by Gasteiger charge is 2.60. The summed E-state index contributed by atoms with van der Waals surface area (Å²) < 4.78 is 10.6. The predicted octanol–water partition coefficient (Wildman–Crippen LogP) is 6.01. The molecule has 6 nitrogen and oxygen atoms in total. The summed E-state index contributed by atoms with van der Waals surface area (Å²) in [5.41, 5.74) is 0.708. The molecule has 0 radical (unpaired) electrons. The highest BCUT2D eigenvalue weighted by Crippen LogP contribution is 2.68. The van der Waals surface area contributed by atoms with Gasteiger partial charge in [0.05, 0.1) is 20.0 Å². The van der Waals surface area contributed by atoms with Crippen molar-refractivity contribution in [3.05, 3.63) is 0 Å². The molecule has 0 aliphatic heterocycles. The van der Waals surface area contributed by atoms with Crippen LogP contribution in [-0.4, -0.2) is 36.2 Å². The molecule has 35 heavy (non-hydrogen) atoms. The fourth-order valence-corrected chi connectivity index (χ4v) is 9.40. The number of ether oxygens (including phenoxy) is 2. The Morgan fingerprint density at radius 1 is 0.886 bits per heavy atom. The van der Waals surface area contributed by atoms with Crippen molar-refractivity contribution in [3.8, 4) is 0 Å². The zero-order valence-electron chi connectivity index (χ0n) is 22.2. The number of methoxy groups -OCH3 is 1. The molecule has 4 aliphatic carbocycles. The van der Waals surface area contributed by atoms with Crippen LogP contribution in [0.4, 0.5) is 0 Å². The van der Waals surface area contributed by atoms with Crippen molar-refractivity contribution in [1.82, 2.24) is 0 Å². The van der Waals surface area contributed by atoms with Crippen LogP contribution in [0.25, 0.3) is 0 Å². The van der Waals surface area contributed by atoms with E-state index in [1.807, 2.05) is 0 Å². The normalized spacial score (nSPS) is 41.1. The molecule has 0 amide bonds. The average molecular weight is 491 g/mol. The topological polar surface area (TPSA) is 89.9 Å². The fraction of sp³-hybridized carbons (Fsp3) is 0.897. The Hall–Kier alpha value is -1.59. The van der Waals surface area contributed by atoms with Gasteiger partial charge in [-0.05, 0) is 111 Å². The van der Waals surface area contributed by atoms with Crippen LogP contribution in [0.1, 0.15) is 104 Å². The Morgan fingerprint density at radius 3 is 2.31 bits per heavy atom. The van der Waals surface area contributed by atoms with Crippen LogP contribution < -0.4 is 0 Å². The highest BCUT2D eigenvalue weighted by atomic mass is 16.5. The summed E-state index contributed by atoms with van der Waals surface area (Å²) in [6.07, 6.45) is 11.9. The molecule has 0 saturated heterocycles. The van der Waals surface area contributed by atoms with E-state index in [-0.39, 0.29) is 30.9 Å². The molecular formula is C29H46O6. The number of carboxylic acid groups (broad SMARTS) is 1. The lowest BCUT2D eigenvalue weighted by atomic mass is 9.44. The van der Waals surface area contributed by atoms with Crippen LogP contribution >= 0.6 is 0 Å². The average Bonchev–Trinajstić information content (AvgIpc) is 3.18. The van der Waals surface area contributed by atoms with Gasteiger partial charge in [-0.2, -0.15) is 0 Å². The molecule has 1 N–H and O–H groups in total. The Balaban J connectivity index is 1.38. The maximum absolute atomic E-state index is 12.1. The van der Waals surface area contributed by atoms with Crippen molar-refractivity contribution < 1.29 is 29.0 Å². The largest absolute Gasteiger partial charge is 0.481 e. The second kappa shape index (κ2) is 10.4. The Morgan fingerprint density at radius 2 is 1.60 bits per heavy atom. The number of fused-ring (bicyclic) bond motifs is 5. The molecule has 4 fully saturated rings. The van der Waals surface area contributed by atoms with E-state index < -0.39 is 5.97 Å². The standard InChI is InChI=1S/C29H46O6/c1-18(5-11-26(32)34-4)22-8-9-23-21-7-6-19-17-20(35-27(33)12-10-25(30)31)13-15-28(19,2)24(21)14-16-29(22,23)3/h18-24H,5-17H2,1-4H3,(H,30,31)/t18-,19-,20+,21+,22-,23+,24+,28-,29+/m0/s1. The number of esters is 2. The molecule has 0 aromatic carbocycles. The first-order valence-electron chi connectivity index (χ1n) is 14.1. The van der Waals surface area contributed by atoms with E-state index in [9.17, 15) is 14.4 Å². The first-order chi connectivity index (χ1) is 16.6. The van der Waals surface area contributed by atoms with Crippen LogP contribution in [0.2, 0.25) is 0 Å². The molecule has 4 aliphatic rings. The molecular weight excluding hydrogens is 444 g/mol. The summed E-state index contributed by atoms with van der Waals surface area (Å²) in [6, 6.07) is 0. The van der Waals surface area contributed by atoms with Gasteiger partial charge in [0.15, 0.2) is 0 Å². The maximum Gasteiger partial charge on any atom is 0.306 e. The van der Waals surface area contributed by atoms with E-state index in [1.54, 1.807) is 0 Å². The molecule has 0 spiro atoms. The molecule has 9 atom stereocenters. The van der Waals surface area contributed by atoms with Crippen LogP contribution in [-0.2, 0) is 23.9 Å². The van der Waals surface area contributed by atoms with Gasteiger partial charge in [-0.15, -0.1) is 0 Å². The van der Waals surface area contributed by atoms with Crippen molar-refractivity contribution >= 4 is 17.9 Å². The number of hydrogen-bond donors (Lipinski definition) is 1. The van der Waals surface area contributed by atoms with Crippen molar-refractivity contribution in [1.29, 1.82) is 0 Å². The minimum atomic E-state index is -0.951. The van der Waals surface area contributed by atoms with E-state index in [0.29, 0.717) is 35.0 Å². The summed E-state index contributed by atoms with van der Waals surface area (Å²) in [5, 5.41) is 8.83. The van der Waals surface area contributed by atoms with E-state index in [1.165, 1.54) is 45.6 Å². The monoisotopic (exact) mass is 490 g/mol. The molecule has 4 rings (SSSR count). The molecule has 0 heterocycles. The summed E-state index contributed by atoms with van der Waals surface area (Å²) in [6.45, 7) is 7.43. The first-order valence-corrected chi connectivity index (χ1v) is 14.1. The second-order valence-electron chi connectivity index (χ2n) is 12.8. The fourth-order valence-electron chi connectivity index (χ4n) is 9.40. The number of carbonyl (C=O) groups is 3. The number of rotatable bonds is 8. The van der Waals surface area contributed by atoms with Gasteiger partial charge in [0, 0.05) is 6.42 Å². The minimum Gasteiger partial charge on any atom is -0.481 e. The van der Waals surface area contributed by atoms with Crippen LogP contribution in [0.5, 0.6) is 0 Å². The Kier molecular flexibility index (Phi) is 7.88. The number of carbonyl (C=O) groups excluding carboxylic acids is 2. The van der Waals surface area contributed by atoms with E-state index in [4.69, 9.17) is 14.6 Å². The third kappa shape index (κ3) is 5.13. The third-order valence-corrected chi connectivity index (χ3v) is 11.3. The minimum absolute atomic E-state index is 0.0298. The number of aliphatic carboxylic acids is 1. The highest BCUT2D eigenvalue weighted by molar-refractivity contribution is 5.76. The Bertz CT molecular complexity index is 809. The molecule has 4 saturated carbocycles. The van der Waals surface area contributed by atoms with Crippen LogP contribution in [0.3, 0.4) is 0 Å². The van der Waals surface area contributed by atoms with Gasteiger partial charge < -0.3 is 14.6 Å². The summed E-state index contributed by atoms with van der Waals surface area (Å²) in [5.74, 6) is 2.79. The third-order valence-electron chi connectivity index (χ3n) is 11.3. The molecule has 6 heteroatoms. The lowest BCUT2D eigenvalue weighted by Gasteiger charge is -2.61. The molecule has 0 bridgehead atoms. The van der Waals surface area contributed by atoms with Crippen LogP contribution in [0.15, 0.2) is 0 Å². The van der Waals surface area contributed by atoms with Gasteiger partial charge in [-0.3, -0.25) is 14.4 Å². The van der Waals surface area contributed by atoms with Gasteiger partial charge in [-0.25, -0.2) is 0 Å². The van der Waals surface area contributed by atoms with Crippen LogP contribution in [0, 0.1) is 46.3 Å². The summed E-state index contributed by atoms with van der Waals surface area (Å²) in [7, 11) is 1.48. The van der Waals surface area contributed by atoms with E-state index >= 15 is 0 Å². The Labute approximate surface area is 210 Å². The SMILES string of the molecule is COC(=O)CC[C@H](C)[C@@H]1CC[C@@H]2[C@H]3CC[C@H]4C[C@H](OC(=O)CCC(=O)O)CC[C@]4(C)[C@@H]3CC[C@@]21C. The number of hydrogen-bond acceptors (Lipinski definition) is 5. The van der Waals surface area contributed by atoms with Crippen molar-refractivity contribution in [2.75, 3.05) is 7.11 Å². The number of carboxylic acids is 1. The zero-order chi connectivity index (χ0) is 25.4. The lowest BCUT2D eigenvalue weighted by molar-refractivity contribution is -0.164. The quantitative estimate of drug-likeness (QED) is 0.419. The maximum atomic E-state index is 12.1. The summed E-state index contributed by atoms with van der Waals surface area (Å²) >= 11 is 0. The van der Waals surface area contributed by atoms with Gasteiger partial charge in [0.25, 0.3) is 0 Å². The molecule has 0 unspecified atom stereocenters. The molecule has 0 aromatic heterocycles. The predicted molar refractivity (Wildman–Crippen MR) is 132 cm³/mol. The first kappa shape index (κ1) is 26.5. The smallest absolute Gasteiger partial charge is 0.306 e. The van der Waals surface area contributed by atoms with E-state index in [2.05, 4.69) is 20.8 Å². The lowest BCUT2D eigenvalue weighted by Crippen LogP contribution is -2.54. The van der Waals surface area contributed by atoms with Crippen molar-refractivity contribution in [3.63, 3.8) is 0 Å².